The van der Waals surface area contributed by atoms with Crippen molar-refractivity contribution in [1.29, 1.82) is 0 Å². The fraction of sp³-hybridized carbons (Fsp3) is 0.933. The van der Waals surface area contributed by atoms with Crippen LogP contribution in [-0.2, 0) is 4.79 Å². The van der Waals surface area contributed by atoms with Crippen molar-refractivity contribution in [3.05, 3.63) is 0 Å². The van der Waals surface area contributed by atoms with E-state index >= 15 is 0 Å². The zero-order chi connectivity index (χ0) is 15.9. The first-order valence-electron chi connectivity index (χ1n) is 7.62. The molecule has 0 aromatic carbocycles. The Hall–Kier alpha value is -0.780. The molecule has 2 unspecified atom stereocenters. The van der Waals surface area contributed by atoms with Crippen LogP contribution in [0.3, 0.4) is 0 Å². The zero-order valence-electron chi connectivity index (χ0n) is 12.7. The van der Waals surface area contributed by atoms with Gasteiger partial charge in [0.1, 0.15) is 0 Å². The van der Waals surface area contributed by atoms with Gasteiger partial charge in [0.2, 0.25) is 0 Å². The minimum atomic E-state index is -4.68. The van der Waals surface area contributed by atoms with E-state index in [0.717, 1.165) is 32.1 Å². The van der Waals surface area contributed by atoms with Crippen molar-refractivity contribution < 1.29 is 23.1 Å². The summed E-state index contributed by atoms with van der Waals surface area (Å²) in [6.07, 6.45) is -0.206. The van der Waals surface area contributed by atoms with Gasteiger partial charge in [-0.2, -0.15) is 13.2 Å². The van der Waals surface area contributed by atoms with Crippen LogP contribution >= 0.6 is 0 Å². The molecule has 1 aliphatic heterocycles. The van der Waals surface area contributed by atoms with E-state index in [-0.39, 0.29) is 24.4 Å². The lowest BCUT2D eigenvalue weighted by atomic mass is 9.85. The number of carboxylic acids is 1. The number of hydrogen-bond acceptors (Lipinski definition) is 2. The SMILES string of the molecule is CC1(C)CCCC(N2CCC(C(=O)O)(C(F)(F)F)C2)CC1. The summed E-state index contributed by atoms with van der Waals surface area (Å²) < 4.78 is 39.6. The Morgan fingerprint density at radius 1 is 1.19 bits per heavy atom. The summed E-state index contributed by atoms with van der Waals surface area (Å²) in [6, 6.07) is 0.0929. The van der Waals surface area contributed by atoms with Crippen LogP contribution in [-0.4, -0.2) is 41.3 Å². The first kappa shape index (κ1) is 16.6. The Morgan fingerprint density at radius 2 is 1.86 bits per heavy atom. The van der Waals surface area contributed by atoms with E-state index < -0.39 is 24.1 Å². The maximum Gasteiger partial charge on any atom is 0.406 e. The smallest absolute Gasteiger partial charge is 0.406 e. The summed E-state index contributed by atoms with van der Waals surface area (Å²) in [4.78, 5) is 13.0. The van der Waals surface area contributed by atoms with E-state index in [2.05, 4.69) is 13.8 Å². The van der Waals surface area contributed by atoms with Crippen molar-refractivity contribution in [2.45, 2.75) is 64.6 Å². The lowest BCUT2D eigenvalue weighted by Crippen LogP contribution is -2.48. The highest BCUT2D eigenvalue weighted by atomic mass is 19.4. The zero-order valence-corrected chi connectivity index (χ0v) is 12.7. The van der Waals surface area contributed by atoms with E-state index in [0.29, 0.717) is 0 Å². The van der Waals surface area contributed by atoms with Crippen LogP contribution in [0.5, 0.6) is 0 Å². The summed E-state index contributed by atoms with van der Waals surface area (Å²) in [5, 5.41) is 9.11. The molecule has 0 radical (unpaired) electrons. The summed E-state index contributed by atoms with van der Waals surface area (Å²) in [5.41, 5.74) is -2.34. The average molecular weight is 307 g/mol. The molecule has 3 nitrogen and oxygen atoms in total. The Kier molecular flexibility index (Phi) is 4.30. The number of halogens is 3. The molecule has 1 heterocycles. The van der Waals surface area contributed by atoms with Crippen molar-refractivity contribution in [3.63, 3.8) is 0 Å². The van der Waals surface area contributed by atoms with Crippen LogP contribution in [0.4, 0.5) is 13.2 Å². The van der Waals surface area contributed by atoms with E-state index in [4.69, 9.17) is 5.11 Å². The predicted molar refractivity (Wildman–Crippen MR) is 73.0 cm³/mol. The average Bonchev–Trinajstić information content (AvgIpc) is 2.71. The maximum absolute atomic E-state index is 13.2. The highest BCUT2D eigenvalue weighted by Crippen LogP contribution is 2.47. The molecular formula is C15H24F3NO2. The lowest BCUT2D eigenvalue weighted by molar-refractivity contribution is -0.227. The van der Waals surface area contributed by atoms with Crippen molar-refractivity contribution in [3.8, 4) is 0 Å². The Morgan fingerprint density at radius 3 is 2.38 bits per heavy atom. The molecule has 1 aliphatic carbocycles. The molecule has 2 aliphatic rings. The van der Waals surface area contributed by atoms with Gasteiger partial charge in [0.05, 0.1) is 0 Å². The predicted octanol–water partition coefficient (Wildman–Crippen LogP) is 3.68. The highest BCUT2D eigenvalue weighted by Gasteiger charge is 2.64. The third-order valence-electron chi connectivity index (χ3n) is 5.31. The summed E-state index contributed by atoms with van der Waals surface area (Å²) in [6.45, 7) is 4.22. The maximum atomic E-state index is 13.2. The number of alkyl halides is 3. The van der Waals surface area contributed by atoms with Crippen molar-refractivity contribution >= 4 is 5.97 Å². The van der Waals surface area contributed by atoms with Crippen molar-refractivity contribution in [1.82, 2.24) is 4.90 Å². The fourth-order valence-electron chi connectivity index (χ4n) is 3.69. The highest BCUT2D eigenvalue weighted by molar-refractivity contribution is 5.76. The van der Waals surface area contributed by atoms with Gasteiger partial charge >= 0.3 is 12.1 Å². The molecule has 122 valence electrons. The van der Waals surface area contributed by atoms with Gasteiger partial charge in [-0.25, -0.2) is 0 Å². The normalized spacial score (nSPS) is 34.6. The number of aliphatic carboxylic acids is 1. The Bertz CT molecular complexity index is 408. The van der Waals surface area contributed by atoms with Crippen LogP contribution < -0.4 is 0 Å². The first-order chi connectivity index (χ1) is 9.57. The lowest BCUT2D eigenvalue weighted by Gasteiger charge is -2.31. The van der Waals surface area contributed by atoms with E-state index in [9.17, 15) is 18.0 Å². The summed E-state index contributed by atoms with van der Waals surface area (Å²) >= 11 is 0. The monoisotopic (exact) mass is 307 g/mol. The second-order valence-corrected chi connectivity index (χ2v) is 7.35. The number of hydrogen-bond donors (Lipinski definition) is 1. The van der Waals surface area contributed by atoms with Crippen LogP contribution in [0.25, 0.3) is 0 Å². The number of carbonyl (C=O) groups is 1. The fourth-order valence-corrected chi connectivity index (χ4v) is 3.69. The second kappa shape index (κ2) is 5.45. The largest absolute Gasteiger partial charge is 0.481 e. The Labute approximate surface area is 123 Å². The molecule has 2 fully saturated rings. The molecule has 0 spiro atoms. The Balaban J connectivity index is 2.09. The van der Waals surface area contributed by atoms with E-state index in [1.165, 1.54) is 0 Å². The minimum Gasteiger partial charge on any atom is -0.481 e. The van der Waals surface area contributed by atoms with Crippen molar-refractivity contribution in [2.75, 3.05) is 13.1 Å². The van der Waals surface area contributed by atoms with Gasteiger partial charge < -0.3 is 5.11 Å². The molecule has 1 N–H and O–H groups in total. The first-order valence-corrected chi connectivity index (χ1v) is 7.62. The van der Waals surface area contributed by atoms with Gasteiger partial charge in [-0.05, 0) is 44.1 Å². The van der Waals surface area contributed by atoms with E-state index in [1.807, 2.05) is 0 Å². The third-order valence-corrected chi connectivity index (χ3v) is 5.31. The summed E-state index contributed by atoms with van der Waals surface area (Å²) in [5.74, 6) is -1.73. The number of likely N-dealkylation sites (tertiary alicyclic amines) is 1. The summed E-state index contributed by atoms with van der Waals surface area (Å²) in [7, 11) is 0. The van der Waals surface area contributed by atoms with Crippen LogP contribution in [0, 0.1) is 10.8 Å². The second-order valence-electron chi connectivity index (χ2n) is 7.35. The third kappa shape index (κ3) is 3.20. The van der Waals surface area contributed by atoms with Crippen LogP contribution in [0.15, 0.2) is 0 Å². The van der Waals surface area contributed by atoms with Crippen molar-refractivity contribution in [2.24, 2.45) is 10.8 Å². The van der Waals surface area contributed by atoms with Gasteiger partial charge in [-0.15, -0.1) is 0 Å². The molecule has 0 aromatic rings. The minimum absolute atomic E-state index is 0.0929. The molecule has 2 rings (SSSR count). The van der Waals surface area contributed by atoms with Gasteiger partial charge in [-0.1, -0.05) is 20.3 Å². The van der Waals surface area contributed by atoms with Gasteiger partial charge in [0, 0.05) is 12.6 Å². The molecule has 21 heavy (non-hydrogen) atoms. The molecule has 0 bridgehead atoms. The molecule has 1 saturated heterocycles. The van der Waals surface area contributed by atoms with Gasteiger partial charge in [0.15, 0.2) is 5.41 Å². The van der Waals surface area contributed by atoms with Crippen LogP contribution in [0.1, 0.15) is 52.4 Å². The number of carboxylic acid groups (broad SMARTS) is 1. The topological polar surface area (TPSA) is 40.5 Å². The number of rotatable bonds is 2. The molecular weight excluding hydrogens is 283 g/mol. The molecule has 2 atom stereocenters. The molecule has 0 amide bonds. The molecule has 6 heteroatoms. The van der Waals surface area contributed by atoms with Gasteiger partial charge in [0.25, 0.3) is 0 Å². The van der Waals surface area contributed by atoms with E-state index in [1.54, 1.807) is 4.90 Å². The quantitative estimate of drug-likeness (QED) is 0.791. The van der Waals surface area contributed by atoms with Crippen LogP contribution in [0.2, 0.25) is 0 Å². The molecule has 1 saturated carbocycles. The number of nitrogens with zero attached hydrogens (tertiary/aromatic N) is 1. The standard InChI is InChI=1S/C15H24F3NO2/c1-13(2)6-3-4-11(5-7-13)19-9-8-14(10-19,12(20)21)15(16,17)18/h11H,3-10H2,1-2H3,(H,20,21). The molecule has 0 aromatic heterocycles. The van der Waals surface area contributed by atoms with Gasteiger partial charge in [-0.3, -0.25) is 9.69 Å².